The van der Waals surface area contributed by atoms with Crippen molar-refractivity contribution in [3.05, 3.63) is 53.6 Å². The summed E-state index contributed by atoms with van der Waals surface area (Å²) in [4.78, 5) is 2.42. The molecule has 1 aliphatic rings. The zero-order valence-electron chi connectivity index (χ0n) is 14.0. The Bertz CT molecular complexity index is 655. The number of nitrogens with zero attached hydrogens (tertiary/aromatic N) is 3. The first-order chi connectivity index (χ1) is 11.0. The second kappa shape index (κ2) is 6.42. The molecule has 3 rings (SSSR count). The maximum absolute atomic E-state index is 13.1. The minimum Gasteiger partial charge on any atom is -0.368 e. The third kappa shape index (κ3) is 3.62. The summed E-state index contributed by atoms with van der Waals surface area (Å²) in [6.45, 7) is 7.71. The lowest BCUT2D eigenvalue weighted by atomic mass is 9.95. The van der Waals surface area contributed by atoms with Crippen LogP contribution in [0.4, 0.5) is 4.39 Å². The fourth-order valence-corrected chi connectivity index (χ4v) is 3.26. The maximum Gasteiger partial charge on any atom is 0.123 e. The van der Waals surface area contributed by atoms with Gasteiger partial charge in [-0.15, -0.1) is 0 Å². The van der Waals surface area contributed by atoms with E-state index in [2.05, 4.69) is 23.8 Å². The number of morpholine rings is 1. The van der Waals surface area contributed by atoms with Gasteiger partial charge in [0.15, 0.2) is 0 Å². The molecule has 1 aromatic heterocycles. The Kier molecular flexibility index (Phi) is 4.50. The highest BCUT2D eigenvalue weighted by molar-refractivity contribution is 5.21. The van der Waals surface area contributed by atoms with Crippen molar-refractivity contribution in [1.29, 1.82) is 0 Å². The van der Waals surface area contributed by atoms with Crippen LogP contribution in [0.2, 0.25) is 0 Å². The molecule has 0 amide bonds. The second-order valence-electron chi connectivity index (χ2n) is 6.67. The van der Waals surface area contributed by atoms with Gasteiger partial charge in [-0.25, -0.2) is 4.39 Å². The standard InChI is InChI=1S/C18H24FN3O/c1-14(15-4-6-17(19)7-5-15)11-22-8-9-23-18(2,13-22)16-10-20-21(3)12-16/h4-7,10,12,14H,8-9,11,13H2,1-3H3. The van der Waals surface area contributed by atoms with Crippen LogP contribution in [0.15, 0.2) is 36.7 Å². The number of hydrogen-bond acceptors (Lipinski definition) is 3. The summed E-state index contributed by atoms with van der Waals surface area (Å²) in [7, 11) is 1.92. The molecule has 1 fully saturated rings. The third-order valence-electron chi connectivity index (χ3n) is 4.64. The molecule has 2 unspecified atom stereocenters. The molecule has 124 valence electrons. The van der Waals surface area contributed by atoms with Gasteiger partial charge in [-0.1, -0.05) is 19.1 Å². The first-order valence-corrected chi connectivity index (χ1v) is 8.07. The summed E-state index contributed by atoms with van der Waals surface area (Å²) in [5.41, 5.74) is 1.95. The molecular formula is C18H24FN3O. The highest BCUT2D eigenvalue weighted by Gasteiger charge is 2.35. The van der Waals surface area contributed by atoms with Crippen molar-refractivity contribution in [1.82, 2.24) is 14.7 Å². The highest BCUT2D eigenvalue weighted by atomic mass is 19.1. The topological polar surface area (TPSA) is 30.3 Å². The lowest BCUT2D eigenvalue weighted by Gasteiger charge is -2.41. The zero-order chi connectivity index (χ0) is 16.4. The average Bonchev–Trinajstić information content (AvgIpc) is 2.95. The lowest BCUT2D eigenvalue weighted by molar-refractivity contribution is -0.104. The van der Waals surface area contributed by atoms with Crippen LogP contribution >= 0.6 is 0 Å². The summed E-state index contributed by atoms with van der Waals surface area (Å²) in [6.07, 6.45) is 3.90. The van der Waals surface area contributed by atoms with Gasteiger partial charge in [0.05, 0.1) is 12.8 Å². The van der Waals surface area contributed by atoms with Crippen LogP contribution in [0.3, 0.4) is 0 Å². The molecule has 1 aliphatic heterocycles. The Morgan fingerprint density at radius 1 is 1.35 bits per heavy atom. The van der Waals surface area contributed by atoms with E-state index < -0.39 is 0 Å². The molecule has 0 radical (unpaired) electrons. The van der Waals surface area contributed by atoms with Gasteiger partial charge in [0.1, 0.15) is 11.4 Å². The SMILES string of the molecule is CC(CN1CCOC(C)(c2cnn(C)c2)C1)c1ccc(F)cc1. The number of aryl methyl sites for hydroxylation is 1. The zero-order valence-corrected chi connectivity index (χ0v) is 14.0. The van der Waals surface area contributed by atoms with Crippen LogP contribution in [0.1, 0.15) is 30.9 Å². The summed E-state index contributed by atoms with van der Waals surface area (Å²) < 4.78 is 20.9. The van der Waals surface area contributed by atoms with Crippen molar-refractivity contribution in [3.63, 3.8) is 0 Å². The number of aromatic nitrogens is 2. The smallest absolute Gasteiger partial charge is 0.123 e. The molecule has 1 aromatic carbocycles. The van der Waals surface area contributed by atoms with Crippen LogP contribution in [0, 0.1) is 5.82 Å². The number of rotatable bonds is 4. The first-order valence-electron chi connectivity index (χ1n) is 8.07. The Morgan fingerprint density at radius 3 is 2.74 bits per heavy atom. The molecule has 2 atom stereocenters. The Balaban J connectivity index is 1.67. The van der Waals surface area contributed by atoms with Crippen molar-refractivity contribution in [2.75, 3.05) is 26.2 Å². The number of halogens is 1. The largest absolute Gasteiger partial charge is 0.368 e. The molecule has 4 nitrogen and oxygen atoms in total. The van der Waals surface area contributed by atoms with Crippen LogP contribution < -0.4 is 0 Å². The third-order valence-corrected chi connectivity index (χ3v) is 4.64. The van der Waals surface area contributed by atoms with Crippen molar-refractivity contribution >= 4 is 0 Å². The summed E-state index contributed by atoms with van der Waals surface area (Å²) in [6, 6.07) is 6.82. The van der Waals surface area contributed by atoms with E-state index in [1.807, 2.05) is 36.3 Å². The Hall–Kier alpha value is -1.72. The van der Waals surface area contributed by atoms with E-state index in [9.17, 15) is 4.39 Å². The molecule has 0 N–H and O–H groups in total. The lowest BCUT2D eigenvalue weighted by Crippen LogP contribution is -2.49. The van der Waals surface area contributed by atoms with E-state index in [-0.39, 0.29) is 11.4 Å². The molecule has 1 saturated heterocycles. The normalized spacial score (nSPS) is 23.8. The van der Waals surface area contributed by atoms with Crippen molar-refractivity contribution in [2.24, 2.45) is 7.05 Å². The molecule has 0 bridgehead atoms. The minimum atomic E-state index is -0.324. The van der Waals surface area contributed by atoms with E-state index >= 15 is 0 Å². The fourth-order valence-electron chi connectivity index (χ4n) is 3.26. The molecule has 0 spiro atoms. The molecule has 2 aromatic rings. The number of ether oxygens (including phenoxy) is 1. The van der Waals surface area contributed by atoms with Gasteiger partial charge in [-0.05, 0) is 30.5 Å². The van der Waals surface area contributed by atoms with Crippen LogP contribution in [0.25, 0.3) is 0 Å². The minimum absolute atomic E-state index is 0.184. The van der Waals surface area contributed by atoms with Crippen molar-refractivity contribution in [3.8, 4) is 0 Å². The number of hydrogen-bond donors (Lipinski definition) is 0. The Labute approximate surface area is 136 Å². The fraction of sp³-hybridized carbons (Fsp3) is 0.500. The number of benzene rings is 1. The quantitative estimate of drug-likeness (QED) is 0.868. The predicted molar refractivity (Wildman–Crippen MR) is 87.8 cm³/mol. The van der Waals surface area contributed by atoms with Gasteiger partial charge in [-0.2, -0.15) is 5.10 Å². The van der Waals surface area contributed by atoms with Crippen molar-refractivity contribution in [2.45, 2.75) is 25.4 Å². The van der Waals surface area contributed by atoms with Gasteiger partial charge in [0.25, 0.3) is 0 Å². The monoisotopic (exact) mass is 317 g/mol. The molecule has 23 heavy (non-hydrogen) atoms. The second-order valence-corrected chi connectivity index (χ2v) is 6.67. The van der Waals surface area contributed by atoms with E-state index in [0.717, 1.165) is 25.2 Å². The first kappa shape index (κ1) is 16.1. The summed E-state index contributed by atoms with van der Waals surface area (Å²) >= 11 is 0. The summed E-state index contributed by atoms with van der Waals surface area (Å²) in [5.74, 6) is 0.170. The van der Waals surface area contributed by atoms with Gasteiger partial charge in [0.2, 0.25) is 0 Å². The van der Waals surface area contributed by atoms with Crippen LogP contribution in [-0.4, -0.2) is 40.9 Å². The molecular weight excluding hydrogens is 293 g/mol. The molecule has 0 saturated carbocycles. The maximum atomic E-state index is 13.1. The summed E-state index contributed by atoms with van der Waals surface area (Å²) in [5, 5.41) is 4.26. The van der Waals surface area contributed by atoms with Crippen LogP contribution in [-0.2, 0) is 17.4 Å². The molecule has 2 heterocycles. The van der Waals surface area contributed by atoms with E-state index in [0.29, 0.717) is 12.5 Å². The van der Waals surface area contributed by atoms with Gasteiger partial charge in [0, 0.05) is 38.4 Å². The predicted octanol–water partition coefficient (Wildman–Crippen LogP) is 2.91. The van der Waals surface area contributed by atoms with Gasteiger partial charge in [-0.3, -0.25) is 9.58 Å². The van der Waals surface area contributed by atoms with Gasteiger partial charge < -0.3 is 4.74 Å². The molecule has 5 heteroatoms. The Morgan fingerprint density at radius 2 is 2.09 bits per heavy atom. The van der Waals surface area contributed by atoms with Gasteiger partial charge >= 0.3 is 0 Å². The average molecular weight is 317 g/mol. The van der Waals surface area contributed by atoms with E-state index in [1.54, 1.807) is 0 Å². The van der Waals surface area contributed by atoms with E-state index in [4.69, 9.17) is 4.74 Å². The van der Waals surface area contributed by atoms with E-state index in [1.165, 1.54) is 17.7 Å². The molecule has 0 aliphatic carbocycles. The highest BCUT2D eigenvalue weighted by Crippen LogP contribution is 2.30. The van der Waals surface area contributed by atoms with Crippen molar-refractivity contribution < 1.29 is 9.13 Å². The van der Waals surface area contributed by atoms with Crippen LogP contribution in [0.5, 0.6) is 0 Å².